The SMILES string of the molecule is CCN(CC)C(=O)CN(C)C(=O)c1ccc(-n2cncn2)cc1. The van der Waals surface area contributed by atoms with Gasteiger partial charge in [-0.1, -0.05) is 0 Å². The van der Waals surface area contributed by atoms with Crippen LogP contribution in [0.15, 0.2) is 36.9 Å². The van der Waals surface area contributed by atoms with Gasteiger partial charge in [0.05, 0.1) is 12.2 Å². The highest BCUT2D eigenvalue weighted by Gasteiger charge is 2.17. The van der Waals surface area contributed by atoms with E-state index in [1.807, 2.05) is 13.8 Å². The summed E-state index contributed by atoms with van der Waals surface area (Å²) < 4.78 is 1.61. The van der Waals surface area contributed by atoms with E-state index >= 15 is 0 Å². The van der Waals surface area contributed by atoms with Gasteiger partial charge < -0.3 is 9.80 Å². The lowest BCUT2D eigenvalue weighted by Crippen LogP contribution is -2.41. The molecule has 1 heterocycles. The predicted octanol–water partition coefficient (Wildman–Crippen LogP) is 1.21. The zero-order chi connectivity index (χ0) is 16.8. The maximum Gasteiger partial charge on any atom is 0.254 e. The van der Waals surface area contributed by atoms with Crippen molar-refractivity contribution < 1.29 is 9.59 Å². The summed E-state index contributed by atoms with van der Waals surface area (Å²) in [4.78, 5) is 31.5. The molecule has 0 radical (unpaired) electrons. The smallest absolute Gasteiger partial charge is 0.254 e. The normalized spacial score (nSPS) is 10.4. The number of carbonyl (C=O) groups is 2. The minimum absolute atomic E-state index is 0.0508. The number of aromatic nitrogens is 3. The van der Waals surface area contributed by atoms with Gasteiger partial charge in [-0.3, -0.25) is 9.59 Å². The van der Waals surface area contributed by atoms with E-state index in [4.69, 9.17) is 0 Å². The Morgan fingerprint density at radius 1 is 1.13 bits per heavy atom. The van der Waals surface area contributed by atoms with Gasteiger partial charge in [0.15, 0.2) is 0 Å². The van der Waals surface area contributed by atoms with Crippen LogP contribution in [-0.2, 0) is 4.79 Å². The fraction of sp³-hybridized carbons (Fsp3) is 0.375. The molecule has 0 spiro atoms. The van der Waals surface area contributed by atoms with E-state index in [1.54, 1.807) is 47.2 Å². The Morgan fingerprint density at radius 3 is 2.30 bits per heavy atom. The number of hydrogen-bond donors (Lipinski definition) is 0. The molecule has 122 valence electrons. The Kier molecular flexibility index (Phi) is 5.46. The molecule has 7 nitrogen and oxygen atoms in total. The number of hydrogen-bond acceptors (Lipinski definition) is 4. The molecule has 0 bridgehead atoms. The van der Waals surface area contributed by atoms with Gasteiger partial charge in [0, 0.05) is 25.7 Å². The Balaban J connectivity index is 2.03. The number of carbonyl (C=O) groups excluding carboxylic acids is 2. The van der Waals surface area contributed by atoms with E-state index in [2.05, 4.69) is 10.1 Å². The van der Waals surface area contributed by atoms with Crippen molar-refractivity contribution in [3.8, 4) is 5.69 Å². The summed E-state index contributed by atoms with van der Waals surface area (Å²) in [6.45, 7) is 5.21. The Bertz CT molecular complexity index is 648. The fourth-order valence-corrected chi connectivity index (χ4v) is 2.27. The van der Waals surface area contributed by atoms with Crippen LogP contribution in [-0.4, -0.2) is 63.1 Å². The zero-order valence-electron chi connectivity index (χ0n) is 13.6. The van der Waals surface area contributed by atoms with Crippen LogP contribution in [0, 0.1) is 0 Å². The van der Waals surface area contributed by atoms with E-state index in [0.717, 1.165) is 5.69 Å². The highest BCUT2D eigenvalue weighted by atomic mass is 16.2. The van der Waals surface area contributed by atoms with Gasteiger partial charge in [0.1, 0.15) is 12.7 Å². The number of benzene rings is 1. The van der Waals surface area contributed by atoms with E-state index in [-0.39, 0.29) is 18.4 Å². The monoisotopic (exact) mass is 315 g/mol. The van der Waals surface area contributed by atoms with Crippen LogP contribution in [0.25, 0.3) is 5.69 Å². The topological polar surface area (TPSA) is 71.3 Å². The second kappa shape index (κ2) is 7.53. The average molecular weight is 315 g/mol. The minimum Gasteiger partial charge on any atom is -0.342 e. The quantitative estimate of drug-likeness (QED) is 0.803. The van der Waals surface area contributed by atoms with Crippen LogP contribution in [0.5, 0.6) is 0 Å². The van der Waals surface area contributed by atoms with Crippen LogP contribution in [0.2, 0.25) is 0 Å². The van der Waals surface area contributed by atoms with Gasteiger partial charge in [-0.15, -0.1) is 0 Å². The lowest BCUT2D eigenvalue weighted by atomic mass is 10.2. The molecule has 2 rings (SSSR count). The molecule has 0 saturated heterocycles. The summed E-state index contributed by atoms with van der Waals surface area (Å²) in [5.74, 6) is -0.235. The summed E-state index contributed by atoms with van der Waals surface area (Å²) in [6, 6.07) is 7.03. The second-order valence-corrected chi connectivity index (χ2v) is 5.11. The number of likely N-dealkylation sites (N-methyl/N-ethyl adjacent to an activating group) is 2. The summed E-state index contributed by atoms with van der Waals surface area (Å²) in [6.07, 6.45) is 3.04. The van der Waals surface area contributed by atoms with E-state index < -0.39 is 0 Å². The van der Waals surface area contributed by atoms with Crippen LogP contribution >= 0.6 is 0 Å². The van der Waals surface area contributed by atoms with Crippen molar-refractivity contribution in [2.24, 2.45) is 0 Å². The standard InChI is InChI=1S/C16H21N5O2/c1-4-20(5-2)15(22)10-19(3)16(23)13-6-8-14(9-7-13)21-12-17-11-18-21/h6-9,11-12H,4-5,10H2,1-3H3. The molecule has 0 N–H and O–H groups in total. The van der Waals surface area contributed by atoms with Crippen molar-refractivity contribution in [1.82, 2.24) is 24.6 Å². The lowest BCUT2D eigenvalue weighted by molar-refractivity contribution is -0.131. The first-order valence-corrected chi connectivity index (χ1v) is 7.55. The molecule has 23 heavy (non-hydrogen) atoms. The van der Waals surface area contributed by atoms with Crippen LogP contribution in [0.4, 0.5) is 0 Å². The molecule has 0 fully saturated rings. The molecule has 1 aromatic carbocycles. The number of rotatable bonds is 6. The van der Waals surface area contributed by atoms with Crippen molar-refractivity contribution in [1.29, 1.82) is 0 Å². The third kappa shape index (κ3) is 3.94. The molecule has 0 saturated carbocycles. The average Bonchev–Trinajstić information content (AvgIpc) is 3.10. The van der Waals surface area contributed by atoms with Crippen LogP contribution < -0.4 is 0 Å². The Hall–Kier alpha value is -2.70. The highest BCUT2D eigenvalue weighted by molar-refractivity contribution is 5.96. The largest absolute Gasteiger partial charge is 0.342 e. The third-order valence-corrected chi connectivity index (χ3v) is 3.63. The molecular weight excluding hydrogens is 294 g/mol. The van der Waals surface area contributed by atoms with Crippen molar-refractivity contribution >= 4 is 11.8 Å². The van der Waals surface area contributed by atoms with Crippen molar-refractivity contribution in [2.45, 2.75) is 13.8 Å². The lowest BCUT2D eigenvalue weighted by Gasteiger charge is -2.23. The van der Waals surface area contributed by atoms with Crippen molar-refractivity contribution in [2.75, 3.05) is 26.7 Å². The fourth-order valence-electron chi connectivity index (χ4n) is 2.27. The summed E-state index contributed by atoms with van der Waals surface area (Å²) >= 11 is 0. The molecule has 0 aliphatic heterocycles. The molecule has 7 heteroatoms. The molecule has 2 aromatic rings. The maximum atomic E-state index is 12.4. The first-order valence-electron chi connectivity index (χ1n) is 7.55. The third-order valence-electron chi connectivity index (χ3n) is 3.63. The van der Waals surface area contributed by atoms with Gasteiger partial charge in [-0.2, -0.15) is 5.10 Å². The van der Waals surface area contributed by atoms with Crippen LogP contribution in [0.3, 0.4) is 0 Å². The molecule has 0 aliphatic rings. The van der Waals surface area contributed by atoms with Gasteiger partial charge in [-0.25, -0.2) is 9.67 Å². The highest BCUT2D eigenvalue weighted by Crippen LogP contribution is 2.10. The second-order valence-electron chi connectivity index (χ2n) is 5.11. The summed E-state index contributed by atoms with van der Waals surface area (Å²) in [5, 5.41) is 4.03. The molecule has 0 atom stereocenters. The van der Waals surface area contributed by atoms with E-state index in [1.165, 1.54) is 11.2 Å². The van der Waals surface area contributed by atoms with Gasteiger partial charge in [0.2, 0.25) is 5.91 Å². The Labute approximate surface area is 135 Å². The first kappa shape index (κ1) is 16.7. The molecule has 0 unspecified atom stereocenters. The van der Waals surface area contributed by atoms with Crippen molar-refractivity contribution in [3.05, 3.63) is 42.5 Å². The summed E-state index contributed by atoms with van der Waals surface area (Å²) in [7, 11) is 1.63. The minimum atomic E-state index is -0.185. The number of nitrogens with zero attached hydrogens (tertiary/aromatic N) is 5. The van der Waals surface area contributed by atoms with E-state index in [9.17, 15) is 9.59 Å². The summed E-state index contributed by atoms with van der Waals surface area (Å²) in [5.41, 5.74) is 1.35. The van der Waals surface area contributed by atoms with Gasteiger partial charge in [0.25, 0.3) is 5.91 Å². The maximum absolute atomic E-state index is 12.4. The zero-order valence-corrected chi connectivity index (χ0v) is 13.6. The first-order chi connectivity index (χ1) is 11.1. The molecular formula is C16H21N5O2. The van der Waals surface area contributed by atoms with E-state index in [0.29, 0.717) is 18.7 Å². The molecule has 2 amide bonds. The Morgan fingerprint density at radius 2 is 1.78 bits per heavy atom. The predicted molar refractivity (Wildman–Crippen MR) is 86.2 cm³/mol. The molecule has 1 aromatic heterocycles. The number of amides is 2. The van der Waals surface area contributed by atoms with Gasteiger partial charge in [-0.05, 0) is 38.1 Å². The van der Waals surface area contributed by atoms with Gasteiger partial charge >= 0.3 is 0 Å². The van der Waals surface area contributed by atoms with Crippen LogP contribution in [0.1, 0.15) is 24.2 Å². The van der Waals surface area contributed by atoms with Crippen molar-refractivity contribution in [3.63, 3.8) is 0 Å². The molecule has 0 aliphatic carbocycles.